The van der Waals surface area contributed by atoms with E-state index in [9.17, 15) is 13.2 Å². The van der Waals surface area contributed by atoms with Crippen LogP contribution in [0.4, 0.5) is 13.2 Å². The molecule has 1 atom stereocenters. The zero-order valence-electron chi connectivity index (χ0n) is 8.06. The maximum absolute atomic E-state index is 13.1. The SMILES string of the molecule is C=CC(F)(F)C(F)N(CC)CCC. The Morgan fingerprint density at radius 3 is 2.31 bits per heavy atom. The first kappa shape index (κ1) is 12.5. The van der Waals surface area contributed by atoms with Crippen LogP contribution in [0.5, 0.6) is 0 Å². The van der Waals surface area contributed by atoms with Gasteiger partial charge in [0.05, 0.1) is 0 Å². The molecule has 0 aromatic heterocycles. The summed E-state index contributed by atoms with van der Waals surface area (Å²) in [4.78, 5) is 1.10. The Balaban J connectivity index is 4.34. The molecule has 4 heteroatoms. The molecule has 0 N–H and O–H groups in total. The molecule has 0 saturated heterocycles. The minimum atomic E-state index is -3.45. The van der Waals surface area contributed by atoms with Gasteiger partial charge in [0.15, 0.2) is 0 Å². The molecule has 0 aliphatic heterocycles. The third-order valence-corrected chi connectivity index (χ3v) is 1.83. The van der Waals surface area contributed by atoms with Crippen molar-refractivity contribution in [3.8, 4) is 0 Å². The Bertz CT molecular complexity index is 159. The van der Waals surface area contributed by atoms with Gasteiger partial charge in [-0.3, -0.25) is 4.90 Å². The first-order chi connectivity index (χ1) is 5.99. The Morgan fingerprint density at radius 1 is 1.46 bits per heavy atom. The van der Waals surface area contributed by atoms with Gasteiger partial charge < -0.3 is 0 Å². The quantitative estimate of drug-likeness (QED) is 0.465. The molecule has 13 heavy (non-hydrogen) atoms. The largest absolute Gasteiger partial charge is 0.310 e. The molecule has 0 amide bonds. The van der Waals surface area contributed by atoms with Crippen LogP contribution in [-0.4, -0.2) is 30.2 Å². The second kappa shape index (κ2) is 5.27. The van der Waals surface area contributed by atoms with Crippen LogP contribution in [0.3, 0.4) is 0 Å². The number of alkyl halides is 3. The van der Waals surface area contributed by atoms with E-state index < -0.39 is 12.2 Å². The molecule has 1 unspecified atom stereocenters. The van der Waals surface area contributed by atoms with Gasteiger partial charge in [-0.25, -0.2) is 4.39 Å². The van der Waals surface area contributed by atoms with Crippen molar-refractivity contribution >= 4 is 0 Å². The molecular weight excluding hydrogens is 179 g/mol. The highest BCUT2D eigenvalue weighted by molar-refractivity contribution is 4.92. The predicted molar refractivity (Wildman–Crippen MR) is 47.6 cm³/mol. The summed E-state index contributed by atoms with van der Waals surface area (Å²) in [6.45, 7) is 7.00. The Hall–Kier alpha value is -0.510. The number of hydrogen-bond acceptors (Lipinski definition) is 1. The lowest BCUT2D eigenvalue weighted by atomic mass is 10.2. The van der Waals surface area contributed by atoms with Crippen LogP contribution < -0.4 is 0 Å². The Kier molecular flexibility index (Phi) is 5.06. The molecule has 0 spiro atoms. The van der Waals surface area contributed by atoms with E-state index in [2.05, 4.69) is 6.58 Å². The fourth-order valence-electron chi connectivity index (χ4n) is 1.06. The van der Waals surface area contributed by atoms with Gasteiger partial charge in [-0.1, -0.05) is 20.4 Å². The van der Waals surface area contributed by atoms with Gasteiger partial charge in [-0.2, -0.15) is 8.78 Å². The standard InChI is InChI=1S/C9H16F3N/c1-4-7-13(6-3)8(10)9(11,12)5-2/h5,8H,2,4,6-7H2,1,3H3. The summed E-state index contributed by atoms with van der Waals surface area (Å²) in [6, 6.07) is 0. The number of nitrogens with zero attached hydrogens (tertiary/aromatic N) is 1. The van der Waals surface area contributed by atoms with Gasteiger partial charge in [0.1, 0.15) is 0 Å². The zero-order valence-corrected chi connectivity index (χ0v) is 8.06. The van der Waals surface area contributed by atoms with Crippen LogP contribution >= 0.6 is 0 Å². The zero-order chi connectivity index (χ0) is 10.5. The maximum Gasteiger partial charge on any atom is 0.310 e. The van der Waals surface area contributed by atoms with Crippen molar-refractivity contribution < 1.29 is 13.2 Å². The van der Waals surface area contributed by atoms with Crippen molar-refractivity contribution in [2.45, 2.75) is 32.5 Å². The Morgan fingerprint density at radius 2 is 2.00 bits per heavy atom. The monoisotopic (exact) mass is 195 g/mol. The van der Waals surface area contributed by atoms with E-state index in [1.54, 1.807) is 6.92 Å². The number of hydrogen-bond donors (Lipinski definition) is 0. The van der Waals surface area contributed by atoms with Crippen LogP contribution in [-0.2, 0) is 0 Å². The Labute approximate surface area is 77.2 Å². The lowest BCUT2D eigenvalue weighted by Gasteiger charge is -2.28. The number of rotatable bonds is 6. The molecule has 0 aliphatic carbocycles. The first-order valence-corrected chi connectivity index (χ1v) is 4.39. The highest BCUT2D eigenvalue weighted by Crippen LogP contribution is 2.25. The molecule has 0 heterocycles. The summed E-state index contributed by atoms with van der Waals surface area (Å²) >= 11 is 0. The van der Waals surface area contributed by atoms with Crippen molar-refractivity contribution in [1.82, 2.24) is 4.90 Å². The normalized spacial score (nSPS) is 14.6. The summed E-state index contributed by atoms with van der Waals surface area (Å²) < 4.78 is 38.7. The van der Waals surface area contributed by atoms with Crippen molar-refractivity contribution in [3.05, 3.63) is 12.7 Å². The van der Waals surface area contributed by atoms with Crippen LogP contribution in [0.2, 0.25) is 0 Å². The van der Waals surface area contributed by atoms with Gasteiger partial charge in [0.2, 0.25) is 6.30 Å². The summed E-state index contributed by atoms with van der Waals surface area (Å²) in [6.07, 6.45) is -1.24. The van der Waals surface area contributed by atoms with Crippen molar-refractivity contribution in [2.24, 2.45) is 0 Å². The van der Waals surface area contributed by atoms with E-state index >= 15 is 0 Å². The molecule has 1 nitrogen and oxygen atoms in total. The van der Waals surface area contributed by atoms with Gasteiger partial charge in [0.25, 0.3) is 0 Å². The molecule has 0 saturated carbocycles. The van der Waals surface area contributed by atoms with E-state index in [1.807, 2.05) is 6.92 Å². The minimum absolute atomic E-state index is 0.276. The van der Waals surface area contributed by atoms with E-state index in [-0.39, 0.29) is 6.54 Å². The predicted octanol–water partition coefficient (Wildman–Crippen LogP) is 2.84. The van der Waals surface area contributed by atoms with Crippen molar-refractivity contribution in [2.75, 3.05) is 13.1 Å². The molecule has 0 aromatic carbocycles. The highest BCUT2D eigenvalue weighted by atomic mass is 19.3. The van der Waals surface area contributed by atoms with E-state index in [0.29, 0.717) is 19.0 Å². The van der Waals surface area contributed by atoms with Gasteiger partial charge >= 0.3 is 5.92 Å². The lowest BCUT2D eigenvalue weighted by molar-refractivity contribution is -0.102. The van der Waals surface area contributed by atoms with Gasteiger partial charge in [-0.15, -0.1) is 0 Å². The molecule has 78 valence electrons. The average molecular weight is 195 g/mol. The molecule has 0 rings (SSSR count). The molecule has 0 aliphatic rings. The molecular formula is C9H16F3N. The second-order valence-electron chi connectivity index (χ2n) is 2.84. The highest BCUT2D eigenvalue weighted by Gasteiger charge is 2.40. The van der Waals surface area contributed by atoms with E-state index in [4.69, 9.17) is 0 Å². The fraction of sp³-hybridized carbons (Fsp3) is 0.778. The smallest absolute Gasteiger partial charge is 0.269 e. The summed E-state index contributed by atoms with van der Waals surface area (Å²) in [7, 11) is 0. The maximum atomic E-state index is 13.1. The number of halogens is 3. The fourth-order valence-corrected chi connectivity index (χ4v) is 1.06. The summed E-state index contributed by atoms with van der Waals surface area (Å²) in [5, 5.41) is 0. The third kappa shape index (κ3) is 3.38. The topological polar surface area (TPSA) is 3.24 Å². The first-order valence-electron chi connectivity index (χ1n) is 4.39. The molecule has 0 bridgehead atoms. The van der Waals surface area contributed by atoms with Crippen LogP contribution in [0.15, 0.2) is 12.7 Å². The van der Waals surface area contributed by atoms with Crippen molar-refractivity contribution in [3.63, 3.8) is 0 Å². The molecule has 0 aromatic rings. The van der Waals surface area contributed by atoms with Crippen LogP contribution in [0, 0.1) is 0 Å². The minimum Gasteiger partial charge on any atom is -0.269 e. The molecule has 0 radical (unpaired) electrons. The second-order valence-corrected chi connectivity index (χ2v) is 2.84. The van der Waals surface area contributed by atoms with Gasteiger partial charge in [-0.05, 0) is 19.0 Å². The van der Waals surface area contributed by atoms with E-state index in [0.717, 1.165) is 4.90 Å². The van der Waals surface area contributed by atoms with E-state index in [1.165, 1.54) is 0 Å². The van der Waals surface area contributed by atoms with Gasteiger partial charge in [0, 0.05) is 6.54 Å². The summed E-state index contributed by atoms with van der Waals surface area (Å²) in [5.74, 6) is -3.45. The average Bonchev–Trinajstić information content (AvgIpc) is 2.13. The van der Waals surface area contributed by atoms with Crippen molar-refractivity contribution in [1.29, 1.82) is 0 Å². The van der Waals surface area contributed by atoms with Crippen LogP contribution in [0.25, 0.3) is 0 Å². The lowest BCUT2D eigenvalue weighted by Crippen LogP contribution is -2.44. The summed E-state index contributed by atoms with van der Waals surface area (Å²) in [5.41, 5.74) is 0. The third-order valence-electron chi connectivity index (χ3n) is 1.83. The molecule has 0 fully saturated rings. The van der Waals surface area contributed by atoms with Crippen LogP contribution in [0.1, 0.15) is 20.3 Å².